The molecule has 3 rings (SSSR count). The molecule has 23 heavy (non-hydrogen) atoms. The minimum Gasteiger partial charge on any atom is -0.258 e. The van der Waals surface area contributed by atoms with E-state index >= 15 is 0 Å². The molecule has 0 heterocycles. The third kappa shape index (κ3) is 2.90. The van der Waals surface area contributed by atoms with Crippen molar-refractivity contribution in [3.05, 3.63) is 112 Å². The van der Waals surface area contributed by atoms with Gasteiger partial charge in [-0.3, -0.25) is 10.1 Å². The molecule has 4 heteroatoms. The van der Waals surface area contributed by atoms with Crippen molar-refractivity contribution in [2.24, 2.45) is 0 Å². The molecule has 0 saturated heterocycles. The van der Waals surface area contributed by atoms with E-state index in [-0.39, 0.29) is 10.6 Å². The Morgan fingerprint density at radius 3 is 1.48 bits per heavy atom. The van der Waals surface area contributed by atoms with E-state index < -0.39 is 4.32 Å². The first-order valence-corrected chi connectivity index (χ1v) is 7.96. The van der Waals surface area contributed by atoms with Crippen molar-refractivity contribution in [3.63, 3.8) is 0 Å². The summed E-state index contributed by atoms with van der Waals surface area (Å²) >= 11 is 3.90. The van der Waals surface area contributed by atoms with Crippen LogP contribution in [0, 0.1) is 10.1 Å². The molecule has 0 aliphatic rings. The van der Waals surface area contributed by atoms with Crippen LogP contribution in [-0.4, -0.2) is 4.92 Å². The lowest BCUT2D eigenvalue weighted by atomic mass is 9.85. The van der Waals surface area contributed by atoms with E-state index in [0.717, 1.165) is 16.7 Å². The summed E-state index contributed by atoms with van der Waals surface area (Å²) in [5.41, 5.74) is 3.17. The molecule has 114 valence electrons. The number of hydrogen-bond donors (Lipinski definition) is 0. The normalized spacial score (nSPS) is 11.2. The van der Waals surface area contributed by atoms with Crippen molar-refractivity contribution < 1.29 is 4.92 Å². The predicted octanol–water partition coefficient (Wildman–Crippen LogP) is 5.28. The van der Waals surface area contributed by atoms with Gasteiger partial charge in [0.1, 0.15) is 4.32 Å². The Bertz CT molecular complexity index is 762. The van der Waals surface area contributed by atoms with E-state index in [1.165, 1.54) is 12.1 Å². The van der Waals surface area contributed by atoms with Gasteiger partial charge in [-0.15, -0.1) is 0 Å². The molecular weight excluding hydrogens is 354 g/mol. The van der Waals surface area contributed by atoms with Crippen LogP contribution < -0.4 is 0 Å². The second-order valence-corrected chi connectivity index (χ2v) is 6.38. The number of benzene rings is 3. The lowest BCUT2D eigenvalue weighted by Gasteiger charge is -2.29. The molecule has 0 amide bonds. The van der Waals surface area contributed by atoms with Gasteiger partial charge in [0.15, 0.2) is 0 Å². The fourth-order valence-corrected chi connectivity index (χ4v) is 3.44. The van der Waals surface area contributed by atoms with Crippen LogP contribution in [0.5, 0.6) is 0 Å². The summed E-state index contributed by atoms with van der Waals surface area (Å²) < 4.78 is -0.551. The first kappa shape index (κ1) is 15.4. The van der Waals surface area contributed by atoms with Crippen molar-refractivity contribution in [1.29, 1.82) is 0 Å². The number of nitrogens with zero attached hydrogens (tertiary/aromatic N) is 1. The molecule has 0 radical (unpaired) electrons. The molecule has 0 atom stereocenters. The van der Waals surface area contributed by atoms with Gasteiger partial charge in [0.05, 0.1) is 4.92 Å². The summed E-state index contributed by atoms with van der Waals surface area (Å²) in [6.45, 7) is 0. The topological polar surface area (TPSA) is 43.1 Å². The second-order valence-electron chi connectivity index (χ2n) is 5.19. The highest BCUT2D eigenvalue weighted by Gasteiger charge is 2.33. The first-order valence-electron chi connectivity index (χ1n) is 7.17. The molecule has 0 N–H and O–H groups in total. The maximum Gasteiger partial charge on any atom is 0.269 e. The van der Waals surface area contributed by atoms with Crippen molar-refractivity contribution in [1.82, 2.24) is 0 Å². The molecule has 3 aromatic carbocycles. The molecule has 0 fully saturated rings. The summed E-state index contributed by atoms with van der Waals surface area (Å²) in [6.07, 6.45) is 0. The van der Waals surface area contributed by atoms with Gasteiger partial charge in [-0.25, -0.2) is 0 Å². The van der Waals surface area contributed by atoms with E-state index in [4.69, 9.17) is 0 Å². The van der Waals surface area contributed by atoms with Crippen LogP contribution in [-0.2, 0) is 4.32 Å². The molecule has 0 aliphatic heterocycles. The van der Waals surface area contributed by atoms with Crippen LogP contribution >= 0.6 is 15.9 Å². The molecular formula is C19H14BrNO2. The van der Waals surface area contributed by atoms with Gasteiger partial charge in [0.25, 0.3) is 5.69 Å². The molecule has 3 aromatic rings. The largest absolute Gasteiger partial charge is 0.269 e. The third-order valence-corrected chi connectivity index (χ3v) is 5.19. The zero-order valence-electron chi connectivity index (χ0n) is 12.2. The van der Waals surface area contributed by atoms with Gasteiger partial charge in [0, 0.05) is 12.1 Å². The maximum absolute atomic E-state index is 10.9. The highest BCUT2D eigenvalue weighted by Crippen LogP contribution is 2.44. The van der Waals surface area contributed by atoms with Crippen LogP contribution in [0.15, 0.2) is 84.9 Å². The Kier molecular flexibility index (Phi) is 4.26. The number of halogens is 1. The molecule has 0 bridgehead atoms. The lowest BCUT2D eigenvalue weighted by molar-refractivity contribution is -0.384. The highest BCUT2D eigenvalue weighted by atomic mass is 79.9. The number of hydrogen-bond acceptors (Lipinski definition) is 2. The fraction of sp³-hybridized carbons (Fsp3) is 0.0526. The van der Waals surface area contributed by atoms with Crippen LogP contribution in [0.4, 0.5) is 5.69 Å². The minimum atomic E-state index is -0.551. The van der Waals surface area contributed by atoms with Crippen LogP contribution in [0.25, 0.3) is 0 Å². The zero-order valence-corrected chi connectivity index (χ0v) is 13.8. The van der Waals surface area contributed by atoms with Gasteiger partial charge in [-0.2, -0.15) is 0 Å². The Morgan fingerprint density at radius 1 is 0.696 bits per heavy atom. The molecule has 0 unspecified atom stereocenters. The van der Waals surface area contributed by atoms with Crippen LogP contribution in [0.3, 0.4) is 0 Å². The summed E-state index contributed by atoms with van der Waals surface area (Å²) in [7, 11) is 0. The number of nitro benzene ring substituents is 1. The van der Waals surface area contributed by atoms with Gasteiger partial charge < -0.3 is 0 Å². The van der Waals surface area contributed by atoms with Gasteiger partial charge in [-0.05, 0) is 16.7 Å². The van der Waals surface area contributed by atoms with E-state index in [9.17, 15) is 10.1 Å². The number of nitro groups is 1. The molecule has 0 aromatic heterocycles. The van der Waals surface area contributed by atoms with Gasteiger partial charge in [0.2, 0.25) is 0 Å². The zero-order chi connectivity index (χ0) is 16.3. The first-order chi connectivity index (χ1) is 11.1. The number of rotatable bonds is 4. The smallest absolute Gasteiger partial charge is 0.258 e. The quantitative estimate of drug-likeness (QED) is 0.272. The predicted molar refractivity (Wildman–Crippen MR) is 94.8 cm³/mol. The Labute approximate surface area is 142 Å². The Morgan fingerprint density at radius 2 is 1.09 bits per heavy atom. The van der Waals surface area contributed by atoms with Gasteiger partial charge in [-0.1, -0.05) is 88.7 Å². The molecule has 3 nitrogen and oxygen atoms in total. The third-order valence-electron chi connectivity index (χ3n) is 3.82. The lowest BCUT2D eigenvalue weighted by Crippen LogP contribution is -2.21. The summed E-state index contributed by atoms with van der Waals surface area (Å²) in [5.74, 6) is 0. The van der Waals surface area contributed by atoms with Crippen molar-refractivity contribution in [3.8, 4) is 0 Å². The van der Waals surface area contributed by atoms with E-state index in [0.29, 0.717) is 0 Å². The maximum atomic E-state index is 10.9. The summed E-state index contributed by atoms with van der Waals surface area (Å²) in [4.78, 5) is 10.5. The SMILES string of the molecule is O=[N+]([O-])c1ccc(C(Br)(c2ccccc2)c2ccccc2)cc1. The molecule has 0 aliphatic carbocycles. The monoisotopic (exact) mass is 367 g/mol. The number of alkyl halides is 1. The summed E-state index contributed by atoms with van der Waals surface area (Å²) in [5, 5.41) is 10.9. The average molecular weight is 368 g/mol. The van der Waals surface area contributed by atoms with E-state index in [2.05, 4.69) is 15.9 Å². The highest BCUT2D eigenvalue weighted by molar-refractivity contribution is 9.10. The Hall–Kier alpha value is -2.46. The van der Waals surface area contributed by atoms with Crippen molar-refractivity contribution in [2.75, 3.05) is 0 Å². The van der Waals surface area contributed by atoms with Crippen LogP contribution in [0.2, 0.25) is 0 Å². The Balaban J connectivity index is 2.18. The molecule has 0 saturated carbocycles. The number of non-ortho nitro benzene ring substituents is 1. The second kappa shape index (κ2) is 6.34. The van der Waals surface area contributed by atoms with Gasteiger partial charge >= 0.3 is 0 Å². The van der Waals surface area contributed by atoms with Crippen molar-refractivity contribution >= 4 is 21.6 Å². The van der Waals surface area contributed by atoms with Crippen LogP contribution in [0.1, 0.15) is 16.7 Å². The average Bonchev–Trinajstić information content (AvgIpc) is 2.62. The standard InChI is InChI=1S/C19H14BrNO2/c20-19(15-7-3-1-4-8-15,16-9-5-2-6-10-16)17-11-13-18(14-12-17)21(22)23/h1-14H. The fourth-order valence-electron chi connectivity index (χ4n) is 2.65. The van der Waals surface area contributed by atoms with E-state index in [1.54, 1.807) is 12.1 Å². The summed E-state index contributed by atoms with van der Waals surface area (Å²) in [6, 6.07) is 26.7. The molecule has 0 spiro atoms. The minimum absolute atomic E-state index is 0.0877. The van der Waals surface area contributed by atoms with E-state index in [1.807, 2.05) is 60.7 Å². The van der Waals surface area contributed by atoms with Crippen molar-refractivity contribution in [2.45, 2.75) is 4.32 Å².